The average Bonchev–Trinajstić information content (AvgIpc) is 2.72. The SMILES string of the molecule is COC[C@@H]1CCCN1c1cc(Br)c(Br)nc1C. The van der Waals surface area contributed by atoms with Gasteiger partial charge in [-0.05, 0) is 57.7 Å². The lowest BCUT2D eigenvalue weighted by atomic mass is 10.2. The molecule has 0 aliphatic carbocycles. The maximum Gasteiger partial charge on any atom is 0.120 e. The number of ether oxygens (including phenoxy) is 1. The van der Waals surface area contributed by atoms with E-state index in [2.05, 4.69) is 54.7 Å². The summed E-state index contributed by atoms with van der Waals surface area (Å²) in [6.07, 6.45) is 2.42. The zero-order valence-electron chi connectivity index (χ0n) is 10.0. The van der Waals surface area contributed by atoms with Gasteiger partial charge in [-0.2, -0.15) is 0 Å². The van der Waals surface area contributed by atoms with E-state index < -0.39 is 0 Å². The number of aryl methyl sites for hydroxylation is 1. The lowest BCUT2D eigenvalue weighted by Gasteiger charge is -2.27. The fourth-order valence-electron chi connectivity index (χ4n) is 2.35. The number of hydrogen-bond donors (Lipinski definition) is 0. The van der Waals surface area contributed by atoms with Gasteiger partial charge in [-0.15, -0.1) is 0 Å². The smallest absolute Gasteiger partial charge is 0.120 e. The summed E-state index contributed by atoms with van der Waals surface area (Å²) < 4.78 is 7.15. The minimum atomic E-state index is 0.480. The number of anilines is 1. The zero-order chi connectivity index (χ0) is 12.4. The van der Waals surface area contributed by atoms with Gasteiger partial charge in [-0.3, -0.25) is 0 Å². The molecular formula is C12H16Br2N2O. The number of hydrogen-bond acceptors (Lipinski definition) is 3. The molecule has 2 rings (SSSR count). The van der Waals surface area contributed by atoms with Crippen molar-refractivity contribution in [3.63, 3.8) is 0 Å². The predicted molar refractivity (Wildman–Crippen MR) is 76.6 cm³/mol. The molecule has 1 atom stereocenters. The van der Waals surface area contributed by atoms with Gasteiger partial charge in [-0.1, -0.05) is 0 Å². The molecule has 1 aliphatic rings. The van der Waals surface area contributed by atoms with Crippen LogP contribution < -0.4 is 4.90 Å². The van der Waals surface area contributed by atoms with E-state index in [-0.39, 0.29) is 0 Å². The van der Waals surface area contributed by atoms with Crippen LogP contribution in [0.25, 0.3) is 0 Å². The van der Waals surface area contributed by atoms with Crippen molar-refractivity contribution in [3.05, 3.63) is 20.8 Å². The molecular weight excluding hydrogens is 348 g/mol. The van der Waals surface area contributed by atoms with E-state index >= 15 is 0 Å². The Morgan fingerprint density at radius 2 is 2.29 bits per heavy atom. The van der Waals surface area contributed by atoms with Crippen molar-refractivity contribution in [2.45, 2.75) is 25.8 Å². The molecule has 0 radical (unpaired) electrons. The van der Waals surface area contributed by atoms with Crippen LogP contribution in [0.1, 0.15) is 18.5 Å². The van der Waals surface area contributed by atoms with Gasteiger partial charge in [0.25, 0.3) is 0 Å². The second-order valence-corrected chi connectivity index (χ2v) is 5.92. The quantitative estimate of drug-likeness (QED) is 0.768. The third-order valence-corrected chi connectivity index (χ3v) is 4.88. The number of pyridine rings is 1. The highest BCUT2D eigenvalue weighted by Crippen LogP contribution is 2.32. The molecule has 0 bridgehead atoms. The summed E-state index contributed by atoms with van der Waals surface area (Å²) in [5.74, 6) is 0. The summed E-state index contributed by atoms with van der Waals surface area (Å²) in [6.45, 7) is 3.92. The summed E-state index contributed by atoms with van der Waals surface area (Å²) in [7, 11) is 1.76. The second-order valence-electron chi connectivity index (χ2n) is 4.31. The van der Waals surface area contributed by atoms with Gasteiger partial charge in [0, 0.05) is 13.7 Å². The molecule has 1 aliphatic heterocycles. The van der Waals surface area contributed by atoms with Crippen LogP contribution >= 0.6 is 31.9 Å². The lowest BCUT2D eigenvalue weighted by Crippen LogP contribution is -2.33. The Labute approximate surface area is 119 Å². The molecule has 1 fully saturated rings. The molecule has 0 spiro atoms. The van der Waals surface area contributed by atoms with Crippen LogP contribution in [0.4, 0.5) is 5.69 Å². The molecule has 0 N–H and O–H groups in total. The first kappa shape index (κ1) is 13.3. The first-order chi connectivity index (χ1) is 8.13. The molecule has 0 unspecified atom stereocenters. The van der Waals surface area contributed by atoms with E-state index in [1.165, 1.54) is 18.5 Å². The van der Waals surface area contributed by atoms with Gasteiger partial charge in [0.2, 0.25) is 0 Å². The Hall–Kier alpha value is -0.130. The Balaban J connectivity index is 2.29. The number of rotatable bonds is 3. The summed E-state index contributed by atoms with van der Waals surface area (Å²) >= 11 is 6.95. The number of halogens is 2. The van der Waals surface area contributed by atoms with Crippen molar-refractivity contribution in [2.75, 3.05) is 25.2 Å². The number of methoxy groups -OCH3 is 1. The topological polar surface area (TPSA) is 25.4 Å². The highest BCUT2D eigenvalue weighted by molar-refractivity contribution is 9.13. The van der Waals surface area contributed by atoms with E-state index in [0.717, 1.165) is 27.9 Å². The van der Waals surface area contributed by atoms with Crippen LogP contribution in [-0.2, 0) is 4.74 Å². The fraction of sp³-hybridized carbons (Fsp3) is 0.583. The van der Waals surface area contributed by atoms with Gasteiger partial charge in [0.05, 0.1) is 28.5 Å². The van der Waals surface area contributed by atoms with Crippen LogP contribution in [0.15, 0.2) is 15.1 Å². The molecule has 2 heterocycles. The largest absolute Gasteiger partial charge is 0.383 e. The van der Waals surface area contributed by atoms with Gasteiger partial charge < -0.3 is 9.64 Å². The van der Waals surface area contributed by atoms with Crippen LogP contribution in [0.3, 0.4) is 0 Å². The first-order valence-electron chi connectivity index (χ1n) is 5.71. The van der Waals surface area contributed by atoms with Crippen molar-refractivity contribution in [2.24, 2.45) is 0 Å². The molecule has 94 valence electrons. The maximum atomic E-state index is 5.29. The Morgan fingerprint density at radius 1 is 1.53 bits per heavy atom. The summed E-state index contributed by atoms with van der Waals surface area (Å²) in [5, 5.41) is 0. The predicted octanol–water partition coefficient (Wildman–Crippen LogP) is 3.53. The first-order valence-corrected chi connectivity index (χ1v) is 7.30. The summed E-state index contributed by atoms with van der Waals surface area (Å²) in [6, 6.07) is 2.62. The van der Waals surface area contributed by atoms with E-state index in [0.29, 0.717) is 6.04 Å². The Morgan fingerprint density at radius 3 is 3.00 bits per heavy atom. The number of nitrogens with zero attached hydrogens (tertiary/aromatic N) is 2. The van der Waals surface area contributed by atoms with E-state index in [9.17, 15) is 0 Å². The van der Waals surface area contributed by atoms with Crippen molar-refractivity contribution >= 4 is 37.5 Å². The molecule has 1 saturated heterocycles. The van der Waals surface area contributed by atoms with Gasteiger partial charge in [-0.25, -0.2) is 4.98 Å². The molecule has 0 aromatic carbocycles. The molecule has 0 saturated carbocycles. The van der Waals surface area contributed by atoms with Crippen molar-refractivity contribution < 1.29 is 4.74 Å². The second kappa shape index (κ2) is 5.67. The molecule has 5 heteroatoms. The van der Waals surface area contributed by atoms with Gasteiger partial charge in [0.1, 0.15) is 4.60 Å². The summed E-state index contributed by atoms with van der Waals surface area (Å²) in [4.78, 5) is 6.91. The zero-order valence-corrected chi connectivity index (χ0v) is 13.2. The van der Waals surface area contributed by atoms with E-state index in [4.69, 9.17) is 4.74 Å². The highest BCUT2D eigenvalue weighted by Gasteiger charge is 2.26. The Bertz CT molecular complexity index is 412. The average molecular weight is 364 g/mol. The van der Waals surface area contributed by atoms with Gasteiger partial charge in [0.15, 0.2) is 0 Å². The third kappa shape index (κ3) is 2.83. The van der Waals surface area contributed by atoms with Crippen molar-refractivity contribution in [3.8, 4) is 0 Å². The summed E-state index contributed by atoms with van der Waals surface area (Å²) in [5.41, 5.74) is 2.27. The maximum absolute atomic E-state index is 5.29. The monoisotopic (exact) mass is 362 g/mol. The molecule has 3 nitrogen and oxygen atoms in total. The van der Waals surface area contributed by atoms with Crippen LogP contribution in [0.2, 0.25) is 0 Å². The standard InChI is InChI=1S/C12H16Br2N2O/c1-8-11(6-10(13)12(14)15-8)16-5-3-4-9(16)7-17-2/h6,9H,3-5,7H2,1-2H3/t9-/m0/s1. The lowest BCUT2D eigenvalue weighted by molar-refractivity contribution is 0.181. The van der Waals surface area contributed by atoms with Crippen LogP contribution in [0, 0.1) is 6.92 Å². The number of aromatic nitrogens is 1. The van der Waals surface area contributed by atoms with Gasteiger partial charge >= 0.3 is 0 Å². The fourth-order valence-corrected chi connectivity index (χ4v) is 3.04. The van der Waals surface area contributed by atoms with Crippen LogP contribution in [0.5, 0.6) is 0 Å². The van der Waals surface area contributed by atoms with E-state index in [1.54, 1.807) is 7.11 Å². The minimum absolute atomic E-state index is 0.480. The van der Waals surface area contributed by atoms with Crippen molar-refractivity contribution in [1.82, 2.24) is 4.98 Å². The highest BCUT2D eigenvalue weighted by atomic mass is 79.9. The Kier molecular flexibility index (Phi) is 4.44. The normalized spacial score (nSPS) is 20.0. The van der Waals surface area contributed by atoms with E-state index in [1.807, 2.05) is 0 Å². The third-order valence-electron chi connectivity index (χ3n) is 3.14. The molecule has 1 aromatic heterocycles. The molecule has 0 amide bonds. The van der Waals surface area contributed by atoms with Crippen molar-refractivity contribution in [1.29, 1.82) is 0 Å². The van der Waals surface area contributed by atoms with Crippen LogP contribution in [-0.4, -0.2) is 31.3 Å². The molecule has 17 heavy (non-hydrogen) atoms. The minimum Gasteiger partial charge on any atom is -0.383 e. The molecule has 1 aromatic rings.